The molecule has 0 aliphatic heterocycles. The van der Waals surface area contributed by atoms with E-state index in [0.717, 1.165) is 6.07 Å². The second-order valence-corrected chi connectivity index (χ2v) is 4.75. The highest BCUT2D eigenvalue weighted by Crippen LogP contribution is 2.21. The second kappa shape index (κ2) is 4.94. The molecule has 1 aromatic carbocycles. The summed E-state index contributed by atoms with van der Waals surface area (Å²) in [7, 11) is 0. The third-order valence-electron chi connectivity index (χ3n) is 2.48. The van der Waals surface area contributed by atoms with Crippen LogP contribution in [0, 0.1) is 16.3 Å². The van der Waals surface area contributed by atoms with Gasteiger partial charge in [0.1, 0.15) is 22.1 Å². The van der Waals surface area contributed by atoms with Gasteiger partial charge in [0.2, 0.25) is 0 Å². The largest absolute Gasteiger partial charge is 0.343 e. The van der Waals surface area contributed by atoms with E-state index in [4.69, 9.17) is 12.2 Å². The minimum absolute atomic E-state index is 0.157. The number of aromatic nitrogens is 2. The molecule has 0 aliphatic carbocycles. The fourth-order valence-electron chi connectivity index (χ4n) is 1.61. The lowest BCUT2D eigenvalue weighted by atomic mass is 10.1. The van der Waals surface area contributed by atoms with Crippen LogP contribution in [0.25, 0.3) is 11.3 Å². The maximum Gasteiger partial charge on any atom is 0.130 e. The minimum atomic E-state index is -0.618. The van der Waals surface area contributed by atoms with Gasteiger partial charge in [-0.1, -0.05) is 26.1 Å². The Morgan fingerprint density at radius 2 is 1.72 bits per heavy atom. The predicted molar refractivity (Wildman–Crippen MR) is 68.9 cm³/mol. The number of aromatic amines is 1. The van der Waals surface area contributed by atoms with Crippen molar-refractivity contribution in [3.63, 3.8) is 0 Å². The predicted octanol–water partition coefficient (Wildman–Crippen LogP) is 4.21. The molecule has 0 bridgehead atoms. The number of hydrogen-bond donors (Lipinski definition) is 1. The topological polar surface area (TPSA) is 28.7 Å². The molecule has 18 heavy (non-hydrogen) atoms. The van der Waals surface area contributed by atoms with Gasteiger partial charge in [0.25, 0.3) is 0 Å². The molecular formula is C13H12F2N2S. The SMILES string of the molecule is CC(C)c1nc(=S)cc(-c2cc(F)cc(F)c2)[nH]1. The molecule has 2 nitrogen and oxygen atoms in total. The summed E-state index contributed by atoms with van der Waals surface area (Å²) in [5.41, 5.74) is 0.986. The number of rotatable bonds is 2. The molecule has 1 heterocycles. The third kappa shape index (κ3) is 2.79. The Labute approximate surface area is 109 Å². The molecule has 0 spiro atoms. The zero-order chi connectivity index (χ0) is 13.3. The van der Waals surface area contributed by atoms with Crippen LogP contribution in [0.15, 0.2) is 24.3 Å². The first-order valence-corrected chi connectivity index (χ1v) is 5.94. The van der Waals surface area contributed by atoms with Crippen LogP contribution in [0.4, 0.5) is 8.78 Å². The van der Waals surface area contributed by atoms with E-state index in [9.17, 15) is 8.78 Å². The van der Waals surface area contributed by atoms with Crippen molar-refractivity contribution in [3.05, 3.63) is 46.4 Å². The lowest BCUT2D eigenvalue weighted by Crippen LogP contribution is -1.99. The van der Waals surface area contributed by atoms with Crippen LogP contribution in [0.5, 0.6) is 0 Å². The Kier molecular flexibility index (Phi) is 3.52. The van der Waals surface area contributed by atoms with Crippen molar-refractivity contribution in [2.24, 2.45) is 0 Å². The fraction of sp³-hybridized carbons (Fsp3) is 0.231. The fourth-order valence-corrected chi connectivity index (χ4v) is 1.83. The molecular weight excluding hydrogens is 254 g/mol. The molecule has 0 radical (unpaired) electrons. The zero-order valence-electron chi connectivity index (χ0n) is 10.00. The lowest BCUT2D eigenvalue weighted by molar-refractivity contribution is 0.584. The molecule has 0 saturated carbocycles. The first-order chi connectivity index (χ1) is 8.45. The standard InChI is InChI=1S/C13H12F2N2S/c1-7(2)13-16-11(6-12(18)17-13)8-3-9(14)5-10(15)4-8/h3-7H,1-2H3,(H,16,17,18). The molecule has 0 saturated heterocycles. The molecule has 2 rings (SSSR count). The second-order valence-electron chi connectivity index (χ2n) is 4.33. The average molecular weight is 266 g/mol. The average Bonchev–Trinajstić information content (AvgIpc) is 2.26. The molecule has 0 fully saturated rings. The highest BCUT2D eigenvalue weighted by atomic mass is 32.1. The molecule has 0 amide bonds. The minimum Gasteiger partial charge on any atom is -0.343 e. The zero-order valence-corrected chi connectivity index (χ0v) is 10.8. The summed E-state index contributed by atoms with van der Waals surface area (Å²) in [6.45, 7) is 3.92. The van der Waals surface area contributed by atoms with Crippen LogP contribution >= 0.6 is 12.2 Å². The van der Waals surface area contributed by atoms with E-state index in [-0.39, 0.29) is 5.92 Å². The highest BCUT2D eigenvalue weighted by molar-refractivity contribution is 7.71. The molecule has 0 atom stereocenters. The molecule has 5 heteroatoms. The Bertz CT molecular complexity index is 615. The van der Waals surface area contributed by atoms with Gasteiger partial charge >= 0.3 is 0 Å². The summed E-state index contributed by atoms with van der Waals surface area (Å²) >= 11 is 5.05. The van der Waals surface area contributed by atoms with Gasteiger partial charge in [-0.3, -0.25) is 0 Å². The molecule has 0 unspecified atom stereocenters. The summed E-state index contributed by atoms with van der Waals surface area (Å²) in [5.74, 6) is -0.383. The van der Waals surface area contributed by atoms with E-state index in [1.54, 1.807) is 6.07 Å². The summed E-state index contributed by atoms with van der Waals surface area (Å²) in [6.07, 6.45) is 0. The maximum atomic E-state index is 13.2. The first-order valence-electron chi connectivity index (χ1n) is 5.53. The van der Waals surface area contributed by atoms with Gasteiger partial charge in [0.15, 0.2) is 0 Å². The number of nitrogens with zero attached hydrogens (tertiary/aromatic N) is 1. The van der Waals surface area contributed by atoms with Crippen molar-refractivity contribution in [1.82, 2.24) is 9.97 Å². The summed E-state index contributed by atoms with van der Waals surface area (Å²) in [4.78, 5) is 7.22. The molecule has 0 aliphatic rings. The summed E-state index contributed by atoms with van der Waals surface area (Å²) in [5, 5.41) is 0. The van der Waals surface area contributed by atoms with Crippen LogP contribution in [0.3, 0.4) is 0 Å². The molecule has 1 N–H and O–H groups in total. The van der Waals surface area contributed by atoms with Crippen molar-refractivity contribution in [3.8, 4) is 11.3 Å². The normalized spacial score (nSPS) is 10.9. The smallest absolute Gasteiger partial charge is 0.130 e. The van der Waals surface area contributed by atoms with E-state index >= 15 is 0 Å². The van der Waals surface area contributed by atoms with E-state index in [0.29, 0.717) is 21.7 Å². The van der Waals surface area contributed by atoms with Crippen LogP contribution in [-0.4, -0.2) is 9.97 Å². The van der Waals surface area contributed by atoms with Gasteiger partial charge in [-0.25, -0.2) is 13.8 Å². The van der Waals surface area contributed by atoms with Crippen molar-refractivity contribution >= 4 is 12.2 Å². The molecule has 94 valence electrons. The van der Waals surface area contributed by atoms with E-state index in [1.807, 2.05) is 13.8 Å². The van der Waals surface area contributed by atoms with Crippen LogP contribution < -0.4 is 0 Å². The van der Waals surface area contributed by atoms with Gasteiger partial charge in [-0.15, -0.1) is 0 Å². The molecule has 2 aromatic rings. The quantitative estimate of drug-likeness (QED) is 0.825. The lowest BCUT2D eigenvalue weighted by Gasteiger charge is -2.08. The summed E-state index contributed by atoms with van der Waals surface area (Å²) in [6, 6.07) is 4.94. The van der Waals surface area contributed by atoms with Gasteiger partial charge in [0, 0.05) is 23.2 Å². The van der Waals surface area contributed by atoms with Crippen LogP contribution in [0.2, 0.25) is 0 Å². The van der Waals surface area contributed by atoms with Gasteiger partial charge in [-0.05, 0) is 18.2 Å². The number of nitrogens with one attached hydrogen (secondary N) is 1. The Morgan fingerprint density at radius 1 is 1.11 bits per heavy atom. The van der Waals surface area contributed by atoms with Gasteiger partial charge < -0.3 is 4.98 Å². The first kappa shape index (κ1) is 12.8. The van der Waals surface area contributed by atoms with E-state index in [2.05, 4.69) is 9.97 Å². The van der Waals surface area contributed by atoms with Crippen molar-refractivity contribution in [2.45, 2.75) is 19.8 Å². The Hall–Kier alpha value is -1.62. The van der Waals surface area contributed by atoms with E-state index < -0.39 is 11.6 Å². The Morgan fingerprint density at radius 3 is 2.28 bits per heavy atom. The summed E-state index contributed by atoms with van der Waals surface area (Å²) < 4.78 is 26.8. The van der Waals surface area contributed by atoms with Crippen molar-refractivity contribution < 1.29 is 8.78 Å². The number of benzene rings is 1. The number of halogens is 2. The van der Waals surface area contributed by atoms with Gasteiger partial charge in [-0.2, -0.15) is 0 Å². The van der Waals surface area contributed by atoms with Crippen molar-refractivity contribution in [2.75, 3.05) is 0 Å². The van der Waals surface area contributed by atoms with Crippen molar-refractivity contribution in [1.29, 1.82) is 0 Å². The highest BCUT2D eigenvalue weighted by Gasteiger charge is 2.07. The Balaban J connectivity index is 2.60. The molecule has 1 aromatic heterocycles. The maximum absolute atomic E-state index is 13.2. The monoisotopic (exact) mass is 266 g/mol. The van der Waals surface area contributed by atoms with Gasteiger partial charge in [0.05, 0.1) is 0 Å². The van der Waals surface area contributed by atoms with Crippen LogP contribution in [0.1, 0.15) is 25.6 Å². The number of H-pyrrole nitrogens is 1. The third-order valence-corrected chi connectivity index (χ3v) is 2.69. The van der Waals surface area contributed by atoms with E-state index in [1.165, 1.54) is 12.1 Å². The van der Waals surface area contributed by atoms with Crippen LogP contribution in [-0.2, 0) is 0 Å². The number of hydrogen-bond acceptors (Lipinski definition) is 2.